The quantitative estimate of drug-likeness (QED) is 0.189. The van der Waals surface area contributed by atoms with E-state index in [-0.39, 0.29) is 44.8 Å². The van der Waals surface area contributed by atoms with Gasteiger partial charge in [-0.25, -0.2) is 4.98 Å². The first-order valence-electron chi connectivity index (χ1n) is 23.7. The van der Waals surface area contributed by atoms with Crippen LogP contribution in [0.25, 0.3) is 71.9 Å². The molecule has 0 radical (unpaired) electrons. The van der Waals surface area contributed by atoms with Crippen LogP contribution in [-0.2, 0) is 5.41 Å². The number of hydrogen-bond donors (Lipinski definition) is 0. The van der Waals surface area contributed by atoms with Crippen molar-refractivity contribution >= 4 is 32.6 Å². The molecule has 8 aromatic rings. The maximum Gasteiger partial charge on any atom is 0.145 e. The number of fused-ring (bicyclic) bond motifs is 6. The SMILES string of the molecule is [2H]c1c([2H])c([2H])c(-c2nc3ccccc3n2-c2c3c([2H])c([2H])c([2H])c([2H])c3c(-c3c([2H])c([2H])c4c(c3[2H])C(C)(C)c3c([2H])c([2H])c([2H])c([2H])c3-4)c3c([2H])c([2H])c([2H])c([2H])c23)c([2H])c1[2H]. The van der Waals surface area contributed by atoms with Crippen LogP contribution in [0, 0.1) is 0 Å². The summed E-state index contributed by atoms with van der Waals surface area (Å²) < 4.78 is 182. The second-order valence-electron chi connectivity index (χ2n) is 10.9. The zero-order valence-corrected chi connectivity index (χ0v) is 23.2. The molecular weight excluding hydrogens is 532 g/mol. The third kappa shape index (κ3) is 3.46. The van der Waals surface area contributed by atoms with Gasteiger partial charge in [-0.05, 0) is 62.3 Å². The van der Waals surface area contributed by atoms with Crippen molar-refractivity contribution in [3.05, 3.63) is 156 Å². The molecule has 0 bridgehead atoms. The Bertz CT molecular complexity index is 3430. The van der Waals surface area contributed by atoms with Crippen molar-refractivity contribution in [2.24, 2.45) is 0 Å². The Morgan fingerprint density at radius 1 is 0.591 bits per heavy atom. The fourth-order valence-corrected chi connectivity index (χ4v) is 6.14. The standard InChI is InChI=1S/C42H30N2/c1-42(2)35-21-11-10-16-29(35)30-25-24-28(26-36(30)42)39-31-17-6-8-19-33(31)40(34-20-9-7-18-32(34)39)44-38-23-13-12-22-37(38)43-41(44)27-14-4-3-5-15-27/h3-26H,1-2H3/i3D,4D,5D,6D,7D,8D,9D,10D,11D,14D,15D,16D,17D,18D,19D,20D,21D,24D,25D,26D. The molecular formula is C42H30N2. The Hall–Kier alpha value is -5.47. The highest BCUT2D eigenvalue weighted by Gasteiger charge is 2.35. The molecule has 0 spiro atoms. The first-order chi connectivity index (χ1) is 29.9. The number of para-hydroxylation sites is 2. The lowest BCUT2D eigenvalue weighted by atomic mass is 9.81. The summed E-state index contributed by atoms with van der Waals surface area (Å²) in [5.74, 6) is -0.346. The van der Waals surface area contributed by atoms with Crippen LogP contribution in [0.1, 0.15) is 52.4 Å². The Balaban J connectivity index is 1.60. The molecule has 7 aromatic carbocycles. The van der Waals surface area contributed by atoms with Gasteiger partial charge < -0.3 is 0 Å². The molecule has 0 aliphatic heterocycles. The number of aromatic nitrogens is 2. The van der Waals surface area contributed by atoms with E-state index in [0.29, 0.717) is 0 Å². The molecule has 0 amide bonds. The zero-order valence-electron chi connectivity index (χ0n) is 43.2. The largest absolute Gasteiger partial charge is 0.291 e. The minimum Gasteiger partial charge on any atom is -0.291 e. The summed E-state index contributed by atoms with van der Waals surface area (Å²) in [6, 6.07) is -7.63. The fraction of sp³-hybridized carbons (Fsp3) is 0.0714. The Labute approximate surface area is 285 Å². The molecule has 0 saturated carbocycles. The molecule has 9 rings (SSSR count). The molecule has 2 heteroatoms. The summed E-state index contributed by atoms with van der Waals surface area (Å²) in [7, 11) is 0. The smallest absolute Gasteiger partial charge is 0.145 e. The first kappa shape index (κ1) is 12.3. The number of nitrogens with zero attached hydrogens (tertiary/aromatic N) is 2. The molecule has 44 heavy (non-hydrogen) atoms. The van der Waals surface area contributed by atoms with Gasteiger partial charge in [0.05, 0.1) is 44.1 Å². The maximum absolute atomic E-state index is 9.91. The molecule has 1 aliphatic carbocycles. The lowest BCUT2D eigenvalue weighted by Gasteiger charge is -2.23. The van der Waals surface area contributed by atoms with E-state index in [0.717, 1.165) is 0 Å². The van der Waals surface area contributed by atoms with Crippen LogP contribution in [-0.4, -0.2) is 9.55 Å². The molecule has 1 heterocycles. The van der Waals surface area contributed by atoms with Crippen molar-refractivity contribution in [3.8, 4) is 39.3 Å². The van der Waals surface area contributed by atoms with E-state index in [2.05, 4.69) is 4.98 Å². The summed E-state index contributed by atoms with van der Waals surface area (Å²) in [4.78, 5) is 4.68. The van der Waals surface area contributed by atoms with Crippen molar-refractivity contribution in [3.63, 3.8) is 0 Å². The predicted octanol–water partition coefficient (Wildman–Crippen LogP) is 11.0. The Kier molecular flexibility index (Phi) is 2.58. The molecule has 1 aliphatic rings. The lowest BCUT2D eigenvalue weighted by molar-refractivity contribution is 0.660. The van der Waals surface area contributed by atoms with Crippen molar-refractivity contribution in [1.82, 2.24) is 9.55 Å². The van der Waals surface area contributed by atoms with Gasteiger partial charge in [0.1, 0.15) is 5.82 Å². The van der Waals surface area contributed by atoms with E-state index in [1.54, 1.807) is 26.0 Å². The predicted molar refractivity (Wildman–Crippen MR) is 185 cm³/mol. The van der Waals surface area contributed by atoms with E-state index in [1.165, 1.54) is 16.7 Å². The third-order valence-corrected chi connectivity index (χ3v) is 8.11. The van der Waals surface area contributed by atoms with Crippen LogP contribution in [0.2, 0.25) is 0 Å². The van der Waals surface area contributed by atoms with Gasteiger partial charge in [0.2, 0.25) is 0 Å². The molecule has 0 saturated heterocycles. The normalized spacial score (nSPS) is 19.8. The highest BCUT2D eigenvalue weighted by Crippen LogP contribution is 2.51. The van der Waals surface area contributed by atoms with E-state index in [4.69, 9.17) is 17.8 Å². The van der Waals surface area contributed by atoms with Gasteiger partial charge >= 0.3 is 0 Å². The van der Waals surface area contributed by atoms with Crippen LogP contribution in [0.4, 0.5) is 0 Å². The van der Waals surface area contributed by atoms with Gasteiger partial charge in [0, 0.05) is 21.8 Å². The first-order valence-corrected chi connectivity index (χ1v) is 13.7. The highest BCUT2D eigenvalue weighted by molar-refractivity contribution is 6.19. The van der Waals surface area contributed by atoms with E-state index in [9.17, 15) is 9.60 Å². The van der Waals surface area contributed by atoms with Gasteiger partial charge in [0.25, 0.3) is 0 Å². The van der Waals surface area contributed by atoms with Crippen molar-refractivity contribution in [2.75, 3.05) is 0 Å². The van der Waals surface area contributed by atoms with Gasteiger partial charge in [-0.3, -0.25) is 4.57 Å². The van der Waals surface area contributed by atoms with Crippen molar-refractivity contribution in [2.45, 2.75) is 19.3 Å². The topological polar surface area (TPSA) is 17.8 Å². The van der Waals surface area contributed by atoms with Gasteiger partial charge in [-0.1, -0.05) is 141 Å². The summed E-state index contributed by atoms with van der Waals surface area (Å²) >= 11 is 0. The molecule has 0 N–H and O–H groups in total. The second-order valence-corrected chi connectivity index (χ2v) is 10.9. The minimum absolute atomic E-state index is 0.0263. The van der Waals surface area contributed by atoms with Crippen LogP contribution in [0.15, 0.2) is 145 Å². The van der Waals surface area contributed by atoms with E-state index < -0.39 is 164 Å². The lowest BCUT2D eigenvalue weighted by Crippen LogP contribution is -2.14. The van der Waals surface area contributed by atoms with Gasteiger partial charge in [-0.2, -0.15) is 0 Å². The minimum atomic E-state index is -1.45. The molecule has 0 atom stereocenters. The van der Waals surface area contributed by atoms with Gasteiger partial charge in [0.15, 0.2) is 0 Å². The maximum atomic E-state index is 9.91. The molecule has 0 fully saturated rings. The van der Waals surface area contributed by atoms with Crippen LogP contribution in [0.3, 0.4) is 0 Å². The van der Waals surface area contributed by atoms with E-state index in [1.807, 2.05) is 0 Å². The molecule has 0 unspecified atom stereocenters. The number of hydrogen-bond acceptors (Lipinski definition) is 1. The van der Waals surface area contributed by atoms with E-state index >= 15 is 0 Å². The monoisotopic (exact) mass is 582 g/mol. The van der Waals surface area contributed by atoms with Crippen LogP contribution in [0.5, 0.6) is 0 Å². The van der Waals surface area contributed by atoms with Crippen LogP contribution >= 0.6 is 0 Å². The molecule has 1 aromatic heterocycles. The molecule has 208 valence electrons. The number of benzene rings is 7. The highest BCUT2D eigenvalue weighted by atomic mass is 15.1. The Morgan fingerprint density at radius 3 is 1.95 bits per heavy atom. The molecule has 2 nitrogen and oxygen atoms in total. The average molecular weight is 583 g/mol. The summed E-state index contributed by atoms with van der Waals surface area (Å²) in [6.45, 7) is 3.15. The Morgan fingerprint density at radius 2 is 1.20 bits per heavy atom. The fourth-order valence-electron chi connectivity index (χ4n) is 6.14. The third-order valence-electron chi connectivity index (χ3n) is 8.11. The van der Waals surface area contributed by atoms with Crippen LogP contribution < -0.4 is 0 Å². The average Bonchev–Trinajstić information content (AvgIpc) is 3.76. The van der Waals surface area contributed by atoms with Crippen molar-refractivity contribution < 1.29 is 27.4 Å². The van der Waals surface area contributed by atoms with Crippen molar-refractivity contribution in [1.29, 1.82) is 0 Å². The number of imidazole rings is 1. The summed E-state index contributed by atoms with van der Waals surface area (Å²) in [5.41, 5.74) is -3.09. The number of rotatable bonds is 3. The summed E-state index contributed by atoms with van der Waals surface area (Å²) in [6.07, 6.45) is 0. The second kappa shape index (κ2) is 9.26. The summed E-state index contributed by atoms with van der Waals surface area (Å²) in [5, 5.41) is -1.77. The van der Waals surface area contributed by atoms with Gasteiger partial charge in [-0.15, -0.1) is 0 Å². The zero-order chi connectivity index (χ0) is 46.8.